The van der Waals surface area contributed by atoms with Crippen LogP contribution in [0.4, 0.5) is 9.59 Å². The van der Waals surface area contributed by atoms with Gasteiger partial charge < -0.3 is 25.2 Å². The van der Waals surface area contributed by atoms with Crippen LogP contribution in [-0.2, 0) is 14.3 Å². The van der Waals surface area contributed by atoms with Crippen LogP contribution in [0.3, 0.4) is 0 Å². The van der Waals surface area contributed by atoms with E-state index in [0.717, 1.165) is 0 Å². The second kappa shape index (κ2) is 7.94. The maximum absolute atomic E-state index is 12.2. The second-order valence-electron chi connectivity index (χ2n) is 9.67. The zero-order chi connectivity index (χ0) is 21.1. The van der Waals surface area contributed by atoms with Gasteiger partial charge in [-0.15, -0.1) is 0 Å². The van der Waals surface area contributed by atoms with Gasteiger partial charge in [0.15, 0.2) is 0 Å². The first kappa shape index (κ1) is 23.0. The molecule has 0 saturated heterocycles. The quantitative estimate of drug-likeness (QED) is 0.680. The summed E-state index contributed by atoms with van der Waals surface area (Å²) < 4.78 is 10.6. The maximum Gasteiger partial charge on any atom is 0.408 e. The highest BCUT2D eigenvalue weighted by molar-refractivity contribution is 5.73. The predicted molar refractivity (Wildman–Crippen MR) is 101 cm³/mol. The minimum absolute atomic E-state index is 0.200. The van der Waals surface area contributed by atoms with Gasteiger partial charge in [0, 0.05) is 5.54 Å². The zero-order valence-corrected chi connectivity index (χ0v) is 17.5. The number of ether oxygens (including phenoxy) is 2. The molecule has 156 valence electrons. The number of rotatable bonds is 4. The molecule has 0 aromatic rings. The Morgan fingerprint density at radius 3 is 1.63 bits per heavy atom. The molecule has 1 aliphatic carbocycles. The Kier molecular flexibility index (Phi) is 6.78. The first-order chi connectivity index (χ1) is 12.0. The van der Waals surface area contributed by atoms with Crippen molar-refractivity contribution in [2.45, 2.75) is 103 Å². The molecule has 0 aliphatic heterocycles. The summed E-state index contributed by atoms with van der Waals surface area (Å²) >= 11 is 0. The van der Waals surface area contributed by atoms with Crippen LogP contribution in [0.5, 0.6) is 0 Å². The number of hydrogen-bond donors (Lipinski definition) is 3. The molecule has 0 aromatic carbocycles. The van der Waals surface area contributed by atoms with E-state index in [1.165, 1.54) is 0 Å². The molecule has 1 fully saturated rings. The lowest BCUT2D eigenvalue weighted by molar-refractivity contribution is -0.139. The first-order valence-electron chi connectivity index (χ1n) is 9.27. The largest absolute Gasteiger partial charge is 0.481 e. The van der Waals surface area contributed by atoms with Crippen LogP contribution in [0.2, 0.25) is 0 Å². The van der Waals surface area contributed by atoms with Gasteiger partial charge in [0.25, 0.3) is 0 Å². The van der Waals surface area contributed by atoms with Gasteiger partial charge in [0.1, 0.15) is 11.2 Å². The van der Waals surface area contributed by atoms with Crippen molar-refractivity contribution in [3.05, 3.63) is 0 Å². The van der Waals surface area contributed by atoms with E-state index in [-0.39, 0.29) is 6.42 Å². The number of carbonyl (C=O) groups is 3. The summed E-state index contributed by atoms with van der Waals surface area (Å²) in [6.07, 6.45) is 0.498. The molecule has 0 atom stereocenters. The number of carboxylic acids is 1. The molecule has 1 rings (SSSR count). The standard InChI is InChI=1S/C19H34N2O6/c1-16(2,3)26-14(24)20-18(7)8-10-19(11-9-18,12-13(22)23)21-15(25)27-17(4,5)6/h8-12H2,1-7H3,(H,20,24)(H,21,25)(H,22,23). The van der Waals surface area contributed by atoms with Crippen molar-refractivity contribution in [3.63, 3.8) is 0 Å². The van der Waals surface area contributed by atoms with Crippen molar-refractivity contribution in [2.75, 3.05) is 0 Å². The number of alkyl carbamates (subject to hydrolysis) is 2. The Morgan fingerprint density at radius 2 is 1.26 bits per heavy atom. The number of amides is 2. The molecule has 8 nitrogen and oxygen atoms in total. The predicted octanol–water partition coefficient (Wildman–Crippen LogP) is 3.58. The van der Waals surface area contributed by atoms with Crippen LogP contribution in [0.1, 0.15) is 80.6 Å². The van der Waals surface area contributed by atoms with Crippen molar-refractivity contribution in [1.29, 1.82) is 0 Å². The van der Waals surface area contributed by atoms with E-state index in [9.17, 15) is 19.5 Å². The van der Waals surface area contributed by atoms with E-state index in [1.54, 1.807) is 41.5 Å². The third kappa shape index (κ3) is 8.49. The molecular weight excluding hydrogens is 352 g/mol. The molecule has 8 heteroatoms. The summed E-state index contributed by atoms with van der Waals surface area (Å²) in [6, 6.07) is 0. The van der Waals surface area contributed by atoms with E-state index in [0.29, 0.717) is 25.7 Å². The fourth-order valence-corrected chi connectivity index (χ4v) is 3.11. The first-order valence-corrected chi connectivity index (χ1v) is 9.27. The van der Waals surface area contributed by atoms with Crippen LogP contribution < -0.4 is 10.6 Å². The molecule has 0 unspecified atom stereocenters. The fraction of sp³-hybridized carbons (Fsp3) is 0.842. The highest BCUT2D eigenvalue weighted by Crippen LogP contribution is 2.37. The van der Waals surface area contributed by atoms with E-state index >= 15 is 0 Å². The zero-order valence-electron chi connectivity index (χ0n) is 17.5. The van der Waals surface area contributed by atoms with Crippen LogP contribution in [0.15, 0.2) is 0 Å². The van der Waals surface area contributed by atoms with Crippen LogP contribution in [0, 0.1) is 0 Å². The number of aliphatic carboxylic acids is 1. The third-order valence-electron chi connectivity index (χ3n) is 4.37. The molecule has 1 aliphatic rings. The summed E-state index contributed by atoms with van der Waals surface area (Å²) in [4.78, 5) is 35.6. The Morgan fingerprint density at radius 1 is 0.852 bits per heavy atom. The van der Waals surface area contributed by atoms with E-state index in [1.807, 2.05) is 6.92 Å². The molecule has 1 saturated carbocycles. The summed E-state index contributed by atoms with van der Waals surface area (Å²) in [5, 5.41) is 14.9. The molecule has 2 amide bonds. The lowest BCUT2D eigenvalue weighted by atomic mass is 9.71. The molecular formula is C19H34N2O6. The summed E-state index contributed by atoms with van der Waals surface area (Å²) in [5.41, 5.74) is -2.69. The molecule has 0 heterocycles. The molecule has 0 radical (unpaired) electrons. The van der Waals surface area contributed by atoms with Crippen LogP contribution >= 0.6 is 0 Å². The fourth-order valence-electron chi connectivity index (χ4n) is 3.11. The monoisotopic (exact) mass is 386 g/mol. The van der Waals surface area contributed by atoms with Crippen molar-refractivity contribution in [1.82, 2.24) is 10.6 Å². The van der Waals surface area contributed by atoms with Gasteiger partial charge >= 0.3 is 18.2 Å². The van der Waals surface area contributed by atoms with E-state index in [2.05, 4.69) is 10.6 Å². The van der Waals surface area contributed by atoms with Gasteiger partial charge in [0.05, 0.1) is 12.0 Å². The average molecular weight is 386 g/mol. The molecule has 0 spiro atoms. The number of carbonyl (C=O) groups excluding carboxylic acids is 2. The minimum Gasteiger partial charge on any atom is -0.481 e. The normalized spacial score (nSPS) is 26.0. The Balaban J connectivity index is 2.79. The van der Waals surface area contributed by atoms with Gasteiger partial charge in [-0.25, -0.2) is 9.59 Å². The Bertz CT molecular complexity index is 566. The van der Waals surface area contributed by atoms with Gasteiger partial charge in [0.2, 0.25) is 0 Å². The maximum atomic E-state index is 12.2. The molecule has 0 aromatic heterocycles. The SMILES string of the molecule is CC1(NC(=O)OC(C)(C)C)CCC(CC(=O)O)(NC(=O)OC(C)(C)C)CC1. The van der Waals surface area contributed by atoms with E-state index in [4.69, 9.17) is 9.47 Å². The number of carboxylic acid groups (broad SMARTS) is 1. The van der Waals surface area contributed by atoms with Crippen molar-refractivity contribution < 1.29 is 29.0 Å². The average Bonchev–Trinajstić information content (AvgIpc) is 2.37. The van der Waals surface area contributed by atoms with Gasteiger partial charge in [-0.1, -0.05) is 0 Å². The van der Waals surface area contributed by atoms with Crippen LogP contribution in [0.25, 0.3) is 0 Å². The van der Waals surface area contributed by atoms with Crippen molar-refractivity contribution >= 4 is 18.2 Å². The number of hydrogen-bond acceptors (Lipinski definition) is 5. The molecule has 27 heavy (non-hydrogen) atoms. The van der Waals surface area contributed by atoms with Crippen molar-refractivity contribution in [3.8, 4) is 0 Å². The molecule has 0 bridgehead atoms. The Labute approximate surface area is 161 Å². The lowest BCUT2D eigenvalue weighted by Gasteiger charge is -2.45. The minimum atomic E-state index is -0.991. The summed E-state index contributed by atoms with van der Waals surface area (Å²) in [7, 11) is 0. The van der Waals surface area contributed by atoms with Crippen molar-refractivity contribution in [2.24, 2.45) is 0 Å². The second-order valence-corrected chi connectivity index (χ2v) is 9.67. The highest BCUT2D eigenvalue weighted by Gasteiger charge is 2.44. The van der Waals surface area contributed by atoms with Gasteiger partial charge in [-0.2, -0.15) is 0 Å². The van der Waals surface area contributed by atoms with E-state index < -0.39 is 40.4 Å². The van der Waals surface area contributed by atoms with Gasteiger partial charge in [-0.3, -0.25) is 4.79 Å². The third-order valence-corrected chi connectivity index (χ3v) is 4.37. The lowest BCUT2D eigenvalue weighted by Crippen LogP contribution is -2.59. The molecule has 3 N–H and O–H groups in total. The topological polar surface area (TPSA) is 114 Å². The smallest absolute Gasteiger partial charge is 0.408 e. The Hall–Kier alpha value is -1.99. The van der Waals surface area contributed by atoms with Crippen LogP contribution in [-0.4, -0.2) is 45.5 Å². The number of nitrogens with one attached hydrogen (secondary N) is 2. The summed E-state index contributed by atoms with van der Waals surface area (Å²) in [6.45, 7) is 12.5. The van der Waals surface area contributed by atoms with Gasteiger partial charge in [-0.05, 0) is 74.1 Å². The summed E-state index contributed by atoms with van der Waals surface area (Å²) in [5.74, 6) is -0.991. The highest BCUT2D eigenvalue weighted by atomic mass is 16.6.